The third-order valence-electron chi connectivity index (χ3n) is 3.81. The Morgan fingerprint density at radius 1 is 1.33 bits per heavy atom. The molecule has 7 nitrogen and oxygen atoms in total. The molecule has 1 aromatic heterocycles. The predicted octanol–water partition coefficient (Wildman–Crippen LogP) is 2.92. The van der Waals surface area contributed by atoms with Crippen molar-refractivity contribution in [1.82, 2.24) is 4.98 Å². The van der Waals surface area contributed by atoms with E-state index in [0.29, 0.717) is 11.8 Å². The van der Waals surface area contributed by atoms with Crippen LogP contribution >= 0.6 is 0 Å². The topological polar surface area (TPSA) is 105 Å². The first-order chi connectivity index (χ1) is 9.86. The van der Waals surface area contributed by atoms with Gasteiger partial charge in [-0.3, -0.25) is 10.1 Å². The Balaban J connectivity index is 2.26. The quantitative estimate of drug-likeness (QED) is 0.653. The van der Waals surface area contributed by atoms with Crippen molar-refractivity contribution < 1.29 is 14.8 Å². The molecule has 0 aromatic carbocycles. The van der Waals surface area contributed by atoms with Crippen molar-refractivity contribution in [3.05, 3.63) is 27.9 Å². The van der Waals surface area contributed by atoms with E-state index in [1.54, 1.807) is 0 Å². The van der Waals surface area contributed by atoms with Crippen molar-refractivity contribution in [3.63, 3.8) is 0 Å². The Labute approximate surface area is 122 Å². The highest BCUT2D eigenvalue weighted by Gasteiger charge is 2.27. The van der Waals surface area contributed by atoms with Crippen LogP contribution < -0.4 is 5.32 Å². The lowest BCUT2D eigenvalue weighted by Crippen LogP contribution is -2.31. The zero-order chi connectivity index (χ0) is 15.6. The molecule has 1 fully saturated rings. The molecule has 21 heavy (non-hydrogen) atoms. The molecule has 2 atom stereocenters. The molecule has 0 bridgehead atoms. The molecule has 114 valence electrons. The van der Waals surface area contributed by atoms with Gasteiger partial charge in [-0.05, 0) is 37.2 Å². The van der Waals surface area contributed by atoms with E-state index < -0.39 is 10.9 Å². The minimum absolute atomic E-state index is 0.0474. The number of carbonyl (C=O) groups is 1. The van der Waals surface area contributed by atoms with Crippen molar-refractivity contribution in [1.29, 1.82) is 0 Å². The summed E-state index contributed by atoms with van der Waals surface area (Å²) in [5, 5.41) is 23.1. The molecule has 0 aliphatic heterocycles. The predicted molar refractivity (Wildman–Crippen MR) is 77.4 cm³/mol. The van der Waals surface area contributed by atoms with Crippen molar-refractivity contribution in [2.75, 3.05) is 5.32 Å². The molecule has 1 saturated carbocycles. The van der Waals surface area contributed by atoms with Crippen LogP contribution in [0.2, 0.25) is 0 Å². The highest BCUT2D eigenvalue weighted by Crippen LogP contribution is 2.32. The van der Waals surface area contributed by atoms with Crippen molar-refractivity contribution in [2.24, 2.45) is 11.8 Å². The van der Waals surface area contributed by atoms with E-state index in [0.717, 1.165) is 25.3 Å². The Kier molecular flexibility index (Phi) is 4.40. The zero-order valence-corrected chi connectivity index (χ0v) is 12.1. The summed E-state index contributed by atoms with van der Waals surface area (Å²) in [4.78, 5) is 25.4. The van der Waals surface area contributed by atoms with E-state index in [2.05, 4.69) is 24.1 Å². The van der Waals surface area contributed by atoms with Crippen LogP contribution in [0.1, 0.15) is 43.6 Å². The standard InChI is InChI=1S/C14H19N3O4/c1-8-5-9(2)7-10(6-8)15-13-12(17(20)21)4-3-11(16-13)14(18)19/h3-4,8-10H,5-7H2,1-2H3,(H,15,16)(H,18,19). The largest absolute Gasteiger partial charge is 0.477 e. The van der Waals surface area contributed by atoms with E-state index in [1.807, 2.05) is 0 Å². The third-order valence-corrected chi connectivity index (χ3v) is 3.81. The van der Waals surface area contributed by atoms with Gasteiger partial charge in [-0.2, -0.15) is 0 Å². The fourth-order valence-electron chi connectivity index (χ4n) is 3.08. The maximum Gasteiger partial charge on any atom is 0.354 e. The van der Waals surface area contributed by atoms with E-state index in [4.69, 9.17) is 5.11 Å². The third kappa shape index (κ3) is 3.68. The van der Waals surface area contributed by atoms with Gasteiger partial charge in [0.05, 0.1) is 4.92 Å². The maximum absolute atomic E-state index is 11.1. The minimum atomic E-state index is -1.20. The molecule has 0 spiro atoms. The van der Waals surface area contributed by atoms with Crippen LogP contribution in [0.5, 0.6) is 0 Å². The summed E-state index contributed by atoms with van der Waals surface area (Å²) in [7, 11) is 0. The molecule has 0 radical (unpaired) electrons. The molecule has 1 aliphatic rings. The average molecular weight is 293 g/mol. The number of nitro groups is 1. The molecule has 0 amide bonds. The zero-order valence-electron chi connectivity index (χ0n) is 12.1. The number of nitrogens with one attached hydrogen (secondary N) is 1. The number of hydrogen-bond acceptors (Lipinski definition) is 5. The maximum atomic E-state index is 11.1. The SMILES string of the molecule is CC1CC(C)CC(Nc2nc(C(=O)O)ccc2[N+](=O)[O-])C1. The fraction of sp³-hybridized carbons (Fsp3) is 0.571. The second-order valence-electron chi connectivity index (χ2n) is 5.89. The Morgan fingerprint density at radius 2 is 1.95 bits per heavy atom. The summed E-state index contributed by atoms with van der Waals surface area (Å²) < 4.78 is 0. The normalized spacial score (nSPS) is 25.3. The van der Waals surface area contributed by atoms with E-state index >= 15 is 0 Å². The summed E-state index contributed by atoms with van der Waals surface area (Å²) in [5.41, 5.74) is -0.383. The molecule has 7 heteroatoms. The highest BCUT2D eigenvalue weighted by molar-refractivity contribution is 5.86. The number of carboxylic acids is 1. The molecule has 1 aromatic rings. The summed E-state index contributed by atoms with van der Waals surface area (Å²) in [6.07, 6.45) is 2.95. The van der Waals surface area contributed by atoms with Gasteiger partial charge in [0.2, 0.25) is 5.82 Å². The Hall–Kier alpha value is -2.18. The van der Waals surface area contributed by atoms with Gasteiger partial charge in [0.25, 0.3) is 0 Å². The van der Waals surface area contributed by atoms with Gasteiger partial charge in [0.1, 0.15) is 0 Å². The summed E-state index contributed by atoms with van der Waals surface area (Å²) in [6.45, 7) is 4.31. The Bertz CT molecular complexity index is 551. The van der Waals surface area contributed by atoms with Crippen molar-refractivity contribution in [3.8, 4) is 0 Å². The number of anilines is 1. The van der Waals surface area contributed by atoms with Crippen LogP contribution in [-0.4, -0.2) is 27.0 Å². The summed E-state index contributed by atoms with van der Waals surface area (Å²) >= 11 is 0. The molecule has 0 saturated heterocycles. The fourth-order valence-corrected chi connectivity index (χ4v) is 3.08. The minimum Gasteiger partial charge on any atom is -0.477 e. The van der Waals surface area contributed by atoms with Crippen LogP contribution in [-0.2, 0) is 0 Å². The molecular weight excluding hydrogens is 274 g/mol. The number of pyridine rings is 1. The second kappa shape index (κ2) is 6.07. The second-order valence-corrected chi connectivity index (χ2v) is 5.89. The molecule has 2 N–H and O–H groups in total. The first-order valence-corrected chi connectivity index (χ1v) is 7.02. The van der Waals surface area contributed by atoms with Crippen molar-refractivity contribution in [2.45, 2.75) is 39.2 Å². The van der Waals surface area contributed by atoms with Crippen LogP contribution in [0.15, 0.2) is 12.1 Å². The molecule has 1 heterocycles. The lowest BCUT2D eigenvalue weighted by molar-refractivity contribution is -0.384. The highest BCUT2D eigenvalue weighted by atomic mass is 16.6. The van der Waals surface area contributed by atoms with Gasteiger partial charge < -0.3 is 10.4 Å². The van der Waals surface area contributed by atoms with Crippen LogP contribution in [0.25, 0.3) is 0 Å². The lowest BCUT2D eigenvalue weighted by Gasteiger charge is -2.32. The number of hydrogen-bond donors (Lipinski definition) is 2. The van der Waals surface area contributed by atoms with E-state index in [9.17, 15) is 14.9 Å². The van der Waals surface area contributed by atoms with Crippen LogP contribution in [0, 0.1) is 22.0 Å². The van der Waals surface area contributed by atoms with Gasteiger partial charge >= 0.3 is 11.7 Å². The Morgan fingerprint density at radius 3 is 2.48 bits per heavy atom. The number of carboxylic acid groups (broad SMARTS) is 1. The summed E-state index contributed by atoms with van der Waals surface area (Å²) in [6, 6.07) is 2.42. The van der Waals surface area contributed by atoms with Gasteiger partial charge in [-0.15, -0.1) is 0 Å². The number of rotatable bonds is 4. The lowest BCUT2D eigenvalue weighted by atomic mass is 9.80. The van der Waals surface area contributed by atoms with Gasteiger partial charge in [-0.1, -0.05) is 13.8 Å². The van der Waals surface area contributed by atoms with Gasteiger partial charge in [-0.25, -0.2) is 9.78 Å². The van der Waals surface area contributed by atoms with Crippen LogP contribution in [0.3, 0.4) is 0 Å². The number of aromatic carboxylic acids is 1. The monoisotopic (exact) mass is 293 g/mol. The molecule has 1 aliphatic carbocycles. The molecular formula is C14H19N3O4. The van der Waals surface area contributed by atoms with Crippen molar-refractivity contribution >= 4 is 17.5 Å². The number of nitrogens with zero attached hydrogens (tertiary/aromatic N) is 2. The average Bonchev–Trinajstić information content (AvgIpc) is 2.36. The molecule has 2 unspecified atom stereocenters. The van der Waals surface area contributed by atoms with Gasteiger partial charge in [0.15, 0.2) is 5.69 Å². The van der Waals surface area contributed by atoms with E-state index in [-0.39, 0.29) is 23.2 Å². The van der Waals surface area contributed by atoms with E-state index in [1.165, 1.54) is 6.07 Å². The first kappa shape index (κ1) is 15.2. The van der Waals surface area contributed by atoms with Gasteiger partial charge in [0, 0.05) is 12.1 Å². The summed E-state index contributed by atoms with van der Waals surface area (Å²) in [5.74, 6) is -0.0783. The number of aromatic nitrogens is 1. The smallest absolute Gasteiger partial charge is 0.354 e. The molecule has 2 rings (SSSR count). The van der Waals surface area contributed by atoms with Crippen LogP contribution in [0.4, 0.5) is 11.5 Å². The first-order valence-electron chi connectivity index (χ1n) is 7.02.